The van der Waals surface area contributed by atoms with Crippen molar-refractivity contribution >= 4 is 28.5 Å². The van der Waals surface area contributed by atoms with Crippen molar-refractivity contribution in [2.45, 2.75) is 38.1 Å². The molecule has 1 aromatic carbocycles. The Morgan fingerprint density at radius 1 is 1.30 bits per heavy atom. The number of oxazole rings is 1. The van der Waals surface area contributed by atoms with E-state index >= 15 is 0 Å². The van der Waals surface area contributed by atoms with E-state index in [0.29, 0.717) is 55.4 Å². The Bertz CT molecular complexity index is 1250. The third kappa shape index (κ3) is 4.20. The van der Waals surface area contributed by atoms with E-state index in [1.165, 1.54) is 0 Å². The molecule has 1 aliphatic heterocycles. The molecule has 1 aliphatic carbocycles. The zero-order valence-electron chi connectivity index (χ0n) is 19.0. The van der Waals surface area contributed by atoms with Gasteiger partial charge in [-0.25, -0.2) is 9.78 Å². The molecule has 1 amide bonds. The number of piperazine rings is 1. The maximum Gasteiger partial charge on any atom is 0.417 e. The molecule has 9 heteroatoms. The average Bonchev–Trinajstić information content (AvgIpc) is 3.57. The summed E-state index contributed by atoms with van der Waals surface area (Å²) in [6.45, 7) is 4.50. The van der Waals surface area contributed by atoms with Gasteiger partial charge in [-0.15, -0.1) is 0 Å². The fraction of sp³-hybridized carbons (Fsp3) is 0.458. The highest BCUT2D eigenvalue weighted by Crippen LogP contribution is 2.45. The van der Waals surface area contributed by atoms with E-state index in [4.69, 9.17) is 19.9 Å². The molecule has 3 aromatic rings. The second-order valence-corrected chi connectivity index (χ2v) is 8.96. The summed E-state index contributed by atoms with van der Waals surface area (Å²) < 4.78 is 10.2. The molecular weight excluding hydrogens is 422 g/mol. The number of nitrogens with zero attached hydrogens (tertiary/aromatic N) is 3. The lowest BCUT2D eigenvalue weighted by molar-refractivity contribution is -0.134. The SMILES string of the molecule is COCCC(=O)N1CCN(c2nc(C3CC3)c(-c3ccc4oc(=O)[nH]c4c3)cc2N)C[C@H]1C. The van der Waals surface area contributed by atoms with Gasteiger partial charge in [0.2, 0.25) is 5.91 Å². The van der Waals surface area contributed by atoms with Gasteiger partial charge in [-0.2, -0.15) is 0 Å². The van der Waals surface area contributed by atoms with Crippen LogP contribution in [0.3, 0.4) is 0 Å². The van der Waals surface area contributed by atoms with Crippen molar-refractivity contribution in [1.82, 2.24) is 14.9 Å². The Hall–Kier alpha value is -3.33. The first-order chi connectivity index (χ1) is 15.9. The molecule has 2 fully saturated rings. The van der Waals surface area contributed by atoms with Crippen molar-refractivity contribution in [3.8, 4) is 11.1 Å². The van der Waals surface area contributed by atoms with Gasteiger partial charge >= 0.3 is 5.76 Å². The van der Waals surface area contributed by atoms with Gasteiger partial charge in [0.05, 0.1) is 29.9 Å². The summed E-state index contributed by atoms with van der Waals surface area (Å²) in [6, 6.07) is 7.71. The van der Waals surface area contributed by atoms with Crippen LogP contribution in [-0.2, 0) is 9.53 Å². The number of amides is 1. The highest BCUT2D eigenvalue weighted by atomic mass is 16.5. The number of carbonyl (C=O) groups excluding carboxylic acids is 1. The zero-order valence-corrected chi connectivity index (χ0v) is 19.0. The molecule has 0 radical (unpaired) electrons. The van der Waals surface area contributed by atoms with Crippen molar-refractivity contribution in [2.24, 2.45) is 0 Å². The van der Waals surface area contributed by atoms with E-state index in [2.05, 4.69) is 16.8 Å². The molecule has 2 aliphatic rings. The van der Waals surface area contributed by atoms with Crippen LogP contribution in [0.5, 0.6) is 0 Å². The van der Waals surface area contributed by atoms with E-state index in [1.54, 1.807) is 13.2 Å². The summed E-state index contributed by atoms with van der Waals surface area (Å²) in [5.74, 6) is 0.847. The van der Waals surface area contributed by atoms with E-state index < -0.39 is 5.76 Å². The second kappa shape index (κ2) is 8.55. The number of nitrogen functional groups attached to an aromatic ring is 1. The van der Waals surface area contributed by atoms with Crippen LogP contribution in [0, 0.1) is 0 Å². The van der Waals surface area contributed by atoms with Crippen molar-refractivity contribution in [3.63, 3.8) is 0 Å². The number of fused-ring (bicyclic) bond motifs is 1. The van der Waals surface area contributed by atoms with Gasteiger partial charge in [0, 0.05) is 44.3 Å². The minimum absolute atomic E-state index is 0.0636. The van der Waals surface area contributed by atoms with Crippen LogP contribution in [-0.4, -0.2) is 60.2 Å². The number of anilines is 2. The summed E-state index contributed by atoms with van der Waals surface area (Å²) in [4.78, 5) is 35.9. The van der Waals surface area contributed by atoms with Crippen molar-refractivity contribution in [3.05, 3.63) is 40.5 Å². The second-order valence-electron chi connectivity index (χ2n) is 8.96. The van der Waals surface area contributed by atoms with Gasteiger partial charge in [-0.1, -0.05) is 6.07 Å². The van der Waals surface area contributed by atoms with Gasteiger partial charge in [0.25, 0.3) is 0 Å². The number of pyridine rings is 1. The van der Waals surface area contributed by atoms with Gasteiger partial charge in [0.1, 0.15) is 0 Å². The summed E-state index contributed by atoms with van der Waals surface area (Å²) in [5.41, 5.74) is 11.3. The van der Waals surface area contributed by atoms with Crippen LogP contribution in [0.2, 0.25) is 0 Å². The molecule has 9 nitrogen and oxygen atoms in total. The summed E-state index contributed by atoms with van der Waals surface area (Å²) in [6.07, 6.45) is 2.60. The van der Waals surface area contributed by atoms with Crippen LogP contribution < -0.4 is 16.4 Å². The lowest BCUT2D eigenvalue weighted by Gasteiger charge is -2.41. The van der Waals surface area contributed by atoms with Crippen LogP contribution in [0.15, 0.2) is 33.5 Å². The number of ether oxygens (including phenoxy) is 1. The third-order valence-electron chi connectivity index (χ3n) is 6.52. The molecule has 3 heterocycles. The monoisotopic (exact) mass is 451 g/mol. The van der Waals surface area contributed by atoms with Crippen LogP contribution in [0.1, 0.15) is 37.8 Å². The van der Waals surface area contributed by atoms with E-state index in [1.807, 2.05) is 23.1 Å². The normalized spacial score (nSPS) is 18.8. The molecule has 174 valence electrons. The van der Waals surface area contributed by atoms with Gasteiger partial charge in [-0.3, -0.25) is 9.78 Å². The number of aromatic nitrogens is 2. The summed E-state index contributed by atoms with van der Waals surface area (Å²) >= 11 is 0. The predicted octanol–water partition coefficient (Wildman–Crippen LogP) is 2.72. The smallest absolute Gasteiger partial charge is 0.408 e. The number of nitrogens with one attached hydrogen (secondary N) is 1. The van der Waals surface area contributed by atoms with Crippen molar-refractivity contribution < 1.29 is 13.9 Å². The molecule has 1 saturated heterocycles. The maximum atomic E-state index is 12.5. The number of rotatable bonds is 6. The molecule has 1 atom stereocenters. The number of aromatic amines is 1. The number of nitrogens with two attached hydrogens (primary N) is 1. The number of H-pyrrole nitrogens is 1. The van der Waals surface area contributed by atoms with E-state index in [-0.39, 0.29) is 11.9 Å². The van der Waals surface area contributed by atoms with Crippen LogP contribution >= 0.6 is 0 Å². The fourth-order valence-corrected chi connectivity index (χ4v) is 4.66. The summed E-state index contributed by atoms with van der Waals surface area (Å²) in [7, 11) is 1.61. The van der Waals surface area contributed by atoms with E-state index in [0.717, 1.165) is 35.5 Å². The molecule has 5 rings (SSSR count). The number of hydrogen-bond donors (Lipinski definition) is 2. The zero-order chi connectivity index (χ0) is 23.1. The lowest BCUT2D eigenvalue weighted by Crippen LogP contribution is -2.54. The topological polar surface area (TPSA) is 118 Å². The van der Waals surface area contributed by atoms with Gasteiger partial charge in [-0.05, 0) is 43.5 Å². The third-order valence-corrected chi connectivity index (χ3v) is 6.52. The van der Waals surface area contributed by atoms with Crippen molar-refractivity contribution in [1.29, 1.82) is 0 Å². The molecule has 0 bridgehead atoms. The number of benzene rings is 1. The molecule has 0 spiro atoms. The molecule has 1 saturated carbocycles. The summed E-state index contributed by atoms with van der Waals surface area (Å²) in [5, 5.41) is 0. The Labute approximate surface area is 191 Å². The molecular formula is C24H29N5O4. The average molecular weight is 452 g/mol. The quantitative estimate of drug-likeness (QED) is 0.592. The Morgan fingerprint density at radius 3 is 2.85 bits per heavy atom. The largest absolute Gasteiger partial charge is 0.417 e. The standard InChI is InChI=1S/C24H29N5O4/c1-14-13-28(8-9-29(14)21(30)7-10-32-2)23-18(25)12-17(22(27-23)15-3-4-15)16-5-6-20-19(11-16)26-24(31)33-20/h5-6,11-12,14-15H,3-4,7-10,13,25H2,1-2H3,(H,26,31)/t14-/m1/s1. The van der Waals surface area contributed by atoms with Gasteiger partial charge < -0.3 is 24.7 Å². The minimum Gasteiger partial charge on any atom is -0.408 e. The molecule has 0 unspecified atom stereocenters. The van der Waals surface area contributed by atoms with Crippen LogP contribution in [0.25, 0.3) is 22.2 Å². The van der Waals surface area contributed by atoms with Crippen molar-refractivity contribution in [2.75, 3.05) is 44.0 Å². The highest BCUT2D eigenvalue weighted by Gasteiger charge is 2.32. The van der Waals surface area contributed by atoms with Gasteiger partial charge in [0.15, 0.2) is 11.4 Å². The Morgan fingerprint density at radius 2 is 2.12 bits per heavy atom. The van der Waals surface area contributed by atoms with E-state index in [9.17, 15) is 9.59 Å². The highest BCUT2D eigenvalue weighted by molar-refractivity contribution is 5.83. The Kier molecular flexibility index (Phi) is 5.57. The first kappa shape index (κ1) is 21.5. The number of carbonyl (C=O) groups is 1. The number of hydrogen-bond acceptors (Lipinski definition) is 7. The predicted molar refractivity (Wildman–Crippen MR) is 126 cm³/mol. The Balaban J connectivity index is 1.43. The lowest BCUT2D eigenvalue weighted by atomic mass is 10.00. The maximum absolute atomic E-state index is 12.5. The molecule has 2 aromatic heterocycles. The number of methoxy groups -OCH3 is 1. The van der Waals surface area contributed by atoms with Crippen LogP contribution in [0.4, 0.5) is 11.5 Å². The first-order valence-electron chi connectivity index (χ1n) is 11.4. The first-order valence-corrected chi connectivity index (χ1v) is 11.4. The minimum atomic E-state index is -0.466. The molecule has 3 N–H and O–H groups in total. The molecule has 33 heavy (non-hydrogen) atoms. The fourth-order valence-electron chi connectivity index (χ4n) is 4.66.